The lowest BCUT2D eigenvalue weighted by atomic mass is 10.1. The third-order valence-corrected chi connectivity index (χ3v) is 4.99. The van der Waals surface area contributed by atoms with Crippen molar-refractivity contribution in [2.75, 3.05) is 12.3 Å². The molecule has 3 aromatic rings. The minimum Gasteiger partial charge on any atom is -0.451 e. The molecule has 0 radical (unpaired) electrons. The number of fused-ring (bicyclic) bond motifs is 1. The van der Waals surface area contributed by atoms with Gasteiger partial charge in [0.1, 0.15) is 5.58 Å². The Morgan fingerprint density at radius 2 is 1.96 bits per heavy atom. The van der Waals surface area contributed by atoms with Crippen LogP contribution in [0.5, 0.6) is 0 Å². The second-order valence-corrected chi connectivity index (χ2v) is 6.73. The zero-order valence-corrected chi connectivity index (χ0v) is 14.7. The fourth-order valence-corrected chi connectivity index (χ4v) is 3.51. The van der Waals surface area contributed by atoms with Gasteiger partial charge in [-0.2, -0.15) is 17.0 Å². The number of nitrogens with one attached hydrogen (secondary N) is 1. The Hall–Kier alpha value is -2.71. The number of furan rings is 1. The van der Waals surface area contributed by atoms with Crippen LogP contribution in [-0.2, 0) is 5.75 Å². The monoisotopic (exact) mass is 350 g/mol. The van der Waals surface area contributed by atoms with E-state index in [2.05, 4.69) is 11.4 Å². The summed E-state index contributed by atoms with van der Waals surface area (Å²) >= 11 is 1.69. The molecule has 0 aliphatic heterocycles. The van der Waals surface area contributed by atoms with Crippen molar-refractivity contribution in [1.82, 2.24) is 5.32 Å². The number of thioether (sulfide) groups is 1. The highest BCUT2D eigenvalue weighted by molar-refractivity contribution is 7.98. The molecule has 1 amide bonds. The van der Waals surface area contributed by atoms with Crippen LogP contribution in [0.3, 0.4) is 0 Å². The fourth-order valence-electron chi connectivity index (χ4n) is 2.65. The standard InChI is InChI=1S/C20H18N2O2S/c1-14-17-8-4-5-9-18(17)24-19(14)20(23)22-10-11-25-13-16-7-3-2-6-15(16)12-21/h2-9H,10-11,13H2,1H3,(H,22,23). The summed E-state index contributed by atoms with van der Waals surface area (Å²) in [5.41, 5.74) is 3.32. The summed E-state index contributed by atoms with van der Waals surface area (Å²) < 4.78 is 5.66. The minimum absolute atomic E-state index is 0.188. The molecule has 0 aliphatic carbocycles. The van der Waals surface area contributed by atoms with Crippen molar-refractivity contribution in [3.05, 3.63) is 71.0 Å². The minimum atomic E-state index is -0.188. The van der Waals surface area contributed by atoms with E-state index in [0.717, 1.165) is 33.6 Å². The molecule has 2 aromatic carbocycles. The molecule has 3 rings (SSSR count). The van der Waals surface area contributed by atoms with Gasteiger partial charge < -0.3 is 9.73 Å². The fraction of sp³-hybridized carbons (Fsp3) is 0.200. The van der Waals surface area contributed by atoms with E-state index in [1.807, 2.05) is 55.5 Å². The average molecular weight is 350 g/mol. The molecule has 0 atom stereocenters. The number of para-hydroxylation sites is 1. The van der Waals surface area contributed by atoms with Gasteiger partial charge in [-0.25, -0.2) is 0 Å². The van der Waals surface area contributed by atoms with Gasteiger partial charge in [-0.1, -0.05) is 36.4 Å². The lowest BCUT2D eigenvalue weighted by Gasteiger charge is -2.05. The van der Waals surface area contributed by atoms with E-state index in [0.29, 0.717) is 17.9 Å². The quantitative estimate of drug-likeness (QED) is 0.674. The second-order valence-electron chi connectivity index (χ2n) is 5.63. The number of carbonyl (C=O) groups excluding carboxylic acids is 1. The van der Waals surface area contributed by atoms with Crippen molar-refractivity contribution < 1.29 is 9.21 Å². The SMILES string of the molecule is Cc1c(C(=O)NCCSCc2ccccc2C#N)oc2ccccc12. The molecule has 5 heteroatoms. The molecule has 1 N–H and O–H groups in total. The molecule has 1 heterocycles. The summed E-state index contributed by atoms with van der Waals surface area (Å²) in [6.07, 6.45) is 0. The molecule has 0 saturated heterocycles. The number of nitriles is 1. The van der Waals surface area contributed by atoms with Gasteiger partial charge in [-0.3, -0.25) is 4.79 Å². The van der Waals surface area contributed by atoms with E-state index in [-0.39, 0.29) is 5.91 Å². The molecule has 0 bridgehead atoms. The summed E-state index contributed by atoms with van der Waals surface area (Å²) in [7, 11) is 0. The summed E-state index contributed by atoms with van der Waals surface area (Å²) in [6.45, 7) is 2.45. The molecule has 4 nitrogen and oxygen atoms in total. The van der Waals surface area contributed by atoms with Crippen LogP contribution in [0.1, 0.15) is 27.2 Å². The van der Waals surface area contributed by atoms with Crippen LogP contribution in [0.2, 0.25) is 0 Å². The third-order valence-electron chi connectivity index (χ3n) is 3.98. The van der Waals surface area contributed by atoms with E-state index < -0.39 is 0 Å². The Morgan fingerprint density at radius 1 is 1.20 bits per heavy atom. The van der Waals surface area contributed by atoms with Crippen LogP contribution >= 0.6 is 11.8 Å². The van der Waals surface area contributed by atoms with Gasteiger partial charge in [0.15, 0.2) is 5.76 Å². The number of amides is 1. The number of carbonyl (C=O) groups is 1. The van der Waals surface area contributed by atoms with Gasteiger partial charge in [0, 0.05) is 29.0 Å². The van der Waals surface area contributed by atoms with E-state index in [1.165, 1.54) is 0 Å². The first kappa shape index (κ1) is 17.1. The highest BCUT2D eigenvalue weighted by atomic mass is 32.2. The predicted octanol–water partition coefficient (Wildman–Crippen LogP) is 4.28. The average Bonchev–Trinajstić information content (AvgIpc) is 2.99. The molecule has 0 unspecified atom stereocenters. The Bertz CT molecular complexity index is 940. The van der Waals surface area contributed by atoms with E-state index in [9.17, 15) is 4.79 Å². The van der Waals surface area contributed by atoms with E-state index in [4.69, 9.17) is 9.68 Å². The lowest BCUT2D eigenvalue weighted by molar-refractivity contribution is 0.0930. The number of hydrogen-bond donors (Lipinski definition) is 1. The van der Waals surface area contributed by atoms with Gasteiger partial charge in [-0.15, -0.1) is 0 Å². The first-order valence-corrected chi connectivity index (χ1v) is 9.18. The van der Waals surface area contributed by atoms with Crippen LogP contribution in [0.25, 0.3) is 11.0 Å². The number of rotatable bonds is 6. The number of nitrogens with zero attached hydrogens (tertiary/aromatic N) is 1. The van der Waals surface area contributed by atoms with Gasteiger partial charge in [0.25, 0.3) is 5.91 Å². The van der Waals surface area contributed by atoms with Gasteiger partial charge in [0.05, 0.1) is 11.6 Å². The predicted molar refractivity (Wildman–Crippen MR) is 101 cm³/mol. The summed E-state index contributed by atoms with van der Waals surface area (Å²) in [4.78, 5) is 12.3. The molecule has 1 aromatic heterocycles. The van der Waals surface area contributed by atoms with Crippen LogP contribution < -0.4 is 5.32 Å². The van der Waals surface area contributed by atoms with Gasteiger partial charge >= 0.3 is 0 Å². The maximum absolute atomic E-state index is 12.3. The lowest BCUT2D eigenvalue weighted by Crippen LogP contribution is -2.25. The topological polar surface area (TPSA) is 66.0 Å². The molecule has 0 fully saturated rings. The summed E-state index contributed by atoms with van der Waals surface area (Å²) in [5, 5.41) is 12.9. The van der Waals surface area contributed by atoms with Crippen molar-refractivity contribution in [3.63, 3.8) is 0 Å². The van der Waals surface area contributed by atoms with Crippen molar-refractivity contribution in [1.29, 1.82) is 5.26 Å². The van der Waals surface area contributed by atoms with Crippen LogP contribution in [0, 0.1) is 18.3 Å². The first-order chi connectivity index (χ1) is 12.2. The molecular weight excluding hydrogens is 332 g/mol. The molecule has 25 heavy (non-hydrogen) atoms. The number of benzene rings is 2. The van der Waals surface area contributed by atoms with E-state index in [1.54, 1.807) is 11.8 Å². The molecule has 126 valence electrons. The Morgan fingerprint density at radius 3 is 2.76 bits per heavy atom. The maximum atomic E-state index is 12.3. The normalized spacial score (nSPS) is 10.6. The second kappa shape index (κ2) is 7.91. The zero-order valence-electron chi connectivity index (χ0n) is 13.9. The Labute approximate surface area is 150 Å². The van der Waals surface area contributed by atoms with Crippen molar-refractivity contribution in [2.24, 2.45) is 0 Å². The third kappa shape index (κ3) is 3.86. The highest BCUT2D eigenvalue weighted by Gasteiger charge is 2.16. The van der Waals surface area contributed by atoms with Crippen LogP contribution in [0.4, 0.5) is 0 Å². The maximum Gasteiger partial charge on any atom is 0.287 e. The van der Waals surface area contributed by atoms with Crippen LogP contribution in [-0.4, -0.2) is 18.2 Å². The van der Waals surface area contributed by atoms with Crippen molar-refractivity contribution >= 4 is 28.6 Å². The molecule has 0 aliphatic rings. The smallest absolute Gasteiger partial charge is 0.287 e. The largest absolute Gasteiger partial charge is 0.451 e. The molecule has 0 saturated carbocycles. The number of aryl methyl sites for hydroxylation is 1. The van der Waals surface area contributed by atoms with Crippen LogP contribution in [0.15, 0.2) is 52.9 Å². The summed E-state index contributed by atoms with van der Waals surface area (Å²) in [5.74, 6) is 1.71. The Balaban J connectivity index is 1.51. The Kier molecular flexibility index (Phi) is 5.42. The first-order valence-electron chi connectivity index (χ1n) is 8.03. The molecule has 0 spiro atoms. The van der Waals surface area contributed by atoms with Crippen molar-refractivity contribution in [2.45, 2.75) is 12.7 Å². The zero-order chi connectivity index (χ0) is 17.6. The van der Waals surface area contributed by atoms with Gasteiger partial charge in [0.2, 0.25) is 0 Å². The highest BCUT2D eigenvalue weighted by Crippen LogP contribution is 2.24. The van der Waals surface area contributed by atoms with Gasteiger partial charge in [-0.05, 0) is 24.6 Å². The van der Waals surface area contributed by atoms with E-state index >= 15 is 0 Å². The summed E-state index contributed by atoms with van der Waals surface area (Å²) in [6, 6.07) is 17.4. The van der Waals surface area contributed by atoms with Crippen molar-refractivity contribution in [3.8, 4) is 6.07 Å². The number of hydrogen-bond acceptors (Lipinski definition) is 4. The molecular formula is C20H18N2O2S.